The molecule has 0 saturated carbocycles. The maximum Gasteiger partial charge on any atom is 0.247 e. The molecule has 0 aliphatic rings. The number of hydrogen-bond donors (Lipinski definition) is 2. The Morgan fingerprint density at radius 2 is 2.14 bits per heavy atom. The molecule has 0 radical (unpaired) electrons. The molecular weight excluding hydrogens is 392 g/mol. The lowest BCUT2D eigenvalue weighted by Crippen LogP contribution is -2.24. The van der Waals surface area contributed by atoms with Gasteiger partial charge in [0.05, 0.1) is 11.2 Å². The summed E-state index contributed by atoms with van der Waals surface area (Å²) in [6.07, 6.45) is 5.44. The highest BCUT2D eigenvalue weighted by molar-refractivity contribution is 7.71. The van der Waals surface area contributed by atoms with Crippen molar-refractivity contribution in [1.82, 2.24) is 24.3 Å². The van der Waals surface area contributed by atoms with Gasteiger partial charge in [0, 0.05) is 24.6 Å². The molecule has 7 nitrogen and oxygen atoms in total. The molecule has 2 N–H and O–H groups in total. The number of rotatable bonds is 6. The summed E-state index contributed by atoms with van der Waals surface area (Å²) in [6.45, 7) is 2.55. The fourth-order valence-electron chi connectivity index (χ4n) is 2.89. The number of amides is 1. The first-order valence-electron chi connectivity index (χ1n) is 8.68. The molecule has 1 amide bonds. The van der Waals surface area contributed by atoms with E-state index in [0.29, 0.717) is 10.6 Å². The van der Waals surface area contributed by atoms with Gasteiger partial charge in [-0.15, -0.1) is 11.3 Å². The minimum atomic E-state index is -0.506. The predicted molar refractivity (Wildman–Crippen MR) is 112 cm³/mol. The van der Waals surface area contributed by atoms with E-state index in [0.717, 1.165) is 22.7 Å². The van der Waals surface area contributed by atoms with Crippen LogP contribution in [0.1, 0.15) is 18.5 Å². The minimum Gasteiger partial charge on any atom is -0.333 e. The highest BCUT2D eigenvalue weighted by Gasteiger charge is 2.21. The van der Waals surface area contributed by atoms with Gasteiger partial charge >= 0.3 is 0 Å². The number of anilines is 1. The lowest BCUT2D eigenvalue weighted by Gasteiger charge is -2.15. The topological polar surface area (TPSA) is 80.5 Å². The van der Waals surface area contributed by atoms with Crippen molar-refractivity contribution in [3.8, 4) is 10.7 Å². The molecule has 3 aromatic heterocycles. The van der Waals surface area contributed by atoms with Crippen molar-refractivity contribution in [3.63, 3.8) is 0 Å². The van der Waals surface area contributed by atoms with Crippen molar-refractivity contribution in [2.75, 3.05) is 5.32 Å². The van der Waals surface area contributed by atoms with E-state index < -0.39 is 6.04 Å². The van der Waals surface area contributed by atoms with Crippen LogP contribution in [0.3, 0.4) is 0 Å². The molecule has 0 fully saturated rings. The summed E-state index contributed by atoms with van der Waals surface area (Å²) in [7, 11) is 0. The lowest BCUT2D eigenvalue weighted by molar-refractivity contribution is -0.118. The van der Waals surface area contributed by atoms with Gasteiger partial charge in [0.15, 0.2) is 10.6 Å². The van der Waals surface area contributed by atoms with Gasteiger partial charge in [-0.1, -0.05) is 18.2 Å². The second-order valence-electron chi connectivity index (χ2n) is 6.30. The third kappa shape index (κ3) is 3.80. The van der Waals surface area contributed by atoms with Crippen LogP contribution in [-0.2, 0) is 11.3 Å². The van der Waals surface area contributed by atoms with E-state index in [1.54, 1.807) is 28.4 Å². The number of carbonyl (C=O) groups is 1. The Morgan fingerprint density at radius 3 is 2.82 bits per heavy atom. The number of aromatic nitrogens is 5. The van der Waals surface area contributed by atoms with Crippen molar-refractivity contribution >= 4 is 35.1 Å². The van der Waals surface area contributed by atoms with Gasteiger partial charge in [-0.2, -0.15) is 5.10 Å². The van der Waals surface area contributed by atoms with E-state index >= 15 is 0 Å². The second kappa shape index (κ2) is 7.91. The van der Waals surface area contributed by atoms with Gasteiger partial charge in [0.25, 0.3) is 0 Å². The first kappa shape index (κ1) is 18.3. The average molecular weight is 411 g/mol. The highest BCUT2D eigenvalue weighted by atomic mass is 32.1. The largest absolute Gasteiger partial charge is 0.333 e. The van der Waals surface area contributed by atoms with Crippen LogP contribution < -0.4 is 5.32 Å². The standard InChI is InChI=1S/C19H18N6OS2/c1-13(25-17(22-23-19(25)27)16-3-2-10-28-16)18(26)21-15-6-4-14(5-7-15)11-24-9-8-20-12-24/h2-10,12-13H,11H2,1H3,(H,21,26)(H,23,27). The Morgan fingerprint density at radius 1 is 1.32 bits per heavy atom. The van der Waals surface area contributed by atoms with Crippen LogP contribution in [0.5, 0.6) is 0 Å². The van der Waals surface area contributed by atoms with Gasteiger partial charge in [-0.25, -0.2) is 4.98 Å². The maximum absolute atomic E-state index is 12.8. The summed E-state index contributed by atoms with van der Waals surface area (Å²) in [5, 5.41) is 12.0. The van der Waals surface area contributed by atoms with Crippen molar-refractivity contribution in [2.24, 2.45) is 0 Å². The van der Waals surface area contributed by atoms with Gasteiger partial charge in [-0.3, -0.25) is 14.5 Å². The monoisotopic (exact) mass is 410 g/mol. The van der Waals surface area contributed by atoms with E-state index in [1.807, 2.05) is 59.5 Å². The van der Waals surface area contributed by atoms with Crippen LogP contribution in [0.15, 0.2) is 60.5 Å². The minimum absolute atomic E-state index is 0.155. The van der Waals surface area contributed by atoms with Crippen molar-refractivity contribution in [3.05, 3.63) is 70.8 Å². The SMILES string of the molecule is CC(C(=O)Nc1ccc(Cn2ccnc2)cc1)n1c(-c2cccs2)n[nH]c1=S. The Labute approximate surface area is 170 Å². The van der Waals surface area contributed by atoms with Crippen LogP contribution in [0.25, 0.3) is 10.7 Å². The summed E-state index contributed by atoms with van der Waals surface area (Å²) < 4.78 is 4.15. The van der Waals surface area contributed by atoms with E-state index in [-0.39, 0.29) is 5.91 Å². The van der Waals surface area contributed by atoms with Gasteiger partial charge < -0.3 is 9.88 Å². The molecule has 28 heavy (non-hydrogen) atoms. The molecule has 0 spiro atoms. The van der Waals surface area contributed by atoms with Crippen molar-refractivity contribution in [1.29, 1.82) is 0 Å². The Kier molecular flexibility index (Phi) is 5.18. The zero-order valence-corrected chi connectivity index (χ0v) is 16.7. The fourth-order valence-corrected chi connectivity index (χ4v) is 3.89. The normalized spacial score (nSPS) is 12.0. The number of benzene rings is 1. The zero-order chi connectivity index (χ0) is 19.5. The quantitative estimate of drug-likeness (QED) is 0.469. The molecule has 4 aromatic rings. The van der Waals surface area contributed by atoms with E-state index in [2.05, 4.69) is 20.5 Å². The molecule has 1 aromatic carbocycles. The molecule has 3 heterocycles. The molecule has 142 valence electrons. The number of carbonyl (C=O) groups excluding carboxylic acids is 1. The van der Waals surface area contributed by atoms with E-state index in [4.69, 9.17) is 12.2 Å². The summed E-state index contributed by atoms with van der Waals surface area (Å²) in [4.78, 5) is 17.8. The van der Waals surface area contributed by atoms with Crippen molar-refractivity contribution < 1.29 is 4.79 Å². The van der Waals surface area contributed by atoms with Crippen LogP contribution >= 0.6 is 23.6 Å². The molecule has 0 saturated heterocycles. The average Bonchev–Trinajstić information content (AvgIpc) is 3.44. The molecule has 1 atom stereocenters. The number of nitrogens with zero attached hydrogens (tertiary/aromatic N) is 4. The molecular formula is C19H18N6OS2. The van der Waals surface area contributed by atoms with Gasteiger partial charge in [0.1, 0.15) is 6.04 Å². The summed E-state index contributed by atoms with van der Waals surface area (Å²) in [5.41, 5.74) is 1.86. The van der Waals surface area contributed by atoms with E-state index in [9.17, 15) is 4.79 Å². The van der Waals surface area contributed by atoms with Crippen LogP contribution in [-0.4, -0.2) is 30.2 Å². The number of thiophene rings is 1. The van der Waals surface area contributed by atoms with Crippen LogP contribution in [0.2, 0.25) is 0 Å². The Hall–Kier alpha value is -3.04. The number of aromatic amines is 1. The van der Waals surface area contributed by atoms with Gasteiger partial charge in [-0.05, 0) is 48.3 Å². The fraction of sp³-hybridized carbons (Fsp3) is 0.158. The van der Waals surface area contributed by atoms with E-state index in [1.165, 1.54) is 0 Å². The number of nitrogens with one attached hydrogen (secondary N) is 2. The highest BCUT2D eigenvalue weighted by Crippen LogP contribution is 2.26. The van der Waals surface area contributed by atoms with Crippen LogP contribution in [0.4, 0.5) is 5.69 Å². The first-order chi connectivity index (χ1) is 13.6. The molecule has 0 aliphatic carbocycles. The predicted octanol–water partition coefficient (Wildman–Crippen LogP) is 4.11. The molecule has 1 unspecified atom stereocenters. The maximum atomic E-state index is 12.8. The lowest BCUT2D eigenvalue weighted by atomic mass is 10.2. The first-order valence-corrected chi connectivity index (χ1v) is 9.97. The third-order valence-electron chi connectivity index (χ3n) is 4.36. The Balaban J connectivity index is 1.48. The zero-order valence-electron chi connectivity index (χ0n) is 15.1. The summed E-state index contributed by atoms with van der Waals surface area (Å²) >= 11 is 6.89. The molecule has 9 heteroatoms. The summed E-state index contributed by atoms with van der Waals surface area (Å²) in [6, 6.07) is 11.2. The number of imidazole rings is 1. The smallest absolute Gasteiger partial charge is 0.247 e. The number of hydrogen-bond acceptors (Lipinski definition) is 5. The van der Waals surface area contributed by atoms with Crippen molar-refractivity contribution in [2.45, 2.75) is 19.5 Å². The molecule has 0 bridgehead atoms. The van der Waals surface area contributed by atoms with Gasteiger partial charge in [0.2, 0.25) is 5.91 Å². The molecule has 4 rings (SSSR count). The second-order valence-corrected chi connectivity index (χ2v) is 7.63. The molecule has 0 aliphatic heterocycles. The third-order valence-corrected chi connectivity index (χ3v) is 5.51. The summed E-state index contributed by atoms with van der Waals surface area (Å²) in [5.74, 6) is 0.510. The van der Waals surface area contributed by atoms with Crippen LogP contribution in [0, 0.1) is 4.77 Å². The number of H-pyrrole nitrogens is 1. The Bertz CT molecular complexity index is 1110.